The molecule has 0 fully saturated rings. The zero-order chi connectivity index (χ0) is 13.5. The first-order valence-electron chi connectivity index (χ1n) is 6.12. The van der Waals surface area contributed by atoms with Gasteiger partial charge in [-0.1, -0.05) is 19.9 Å². The van der Waals surface area contributed by atoms with Crippen LogP contribution in [0.5, 0.6) is 0 Å². The number of hydrogen-bond donors (Lipinski definition) is 2. The molecule has 0 amide bonds. The van der Waals surface area contributed by atoms with Crippen LogP contribution < -0.4 is 10.9 Å². The lowest BCUT2D eigenvalue weighted by molar-refractivity contribution is -0.139. The van der Waals surface area contributed by atoms with Crippen LogP contribution in [0.15, 0.2) is 29.2 Å². The third-order valence-corrected chi connectivity index (χ3v) is 2.65. The van der Waals surface area contributed by atoms with E-state index in [1.165, 1.54) is 6.07 Å². The zero-order valence-electron chi connectivity index (χ0n) is 10.8. The van der Waals surface area contributed by atoms with E-state index in [0.29, 0.717) is 25.4 Å². The van der Waals surface area contributed by atoms with Crippen LogP contribution in [0.2, 0.25) is 0 Å². The van der Waals surface area contributed by atoms with Crippen molar-refractivity contribution in [1.82, 2.24) is 9.88 Å². The highest BCUT2D eigenvalue weighted by atomic mass is 16.4. The predicted octanol–water partition coefficient (Wildman–Crippen LogP) is 0.937. The molecule has 0 bridgehead atoms. The van der Waals surface area contributed by atoms with Gasteiger partial charge in [-0.3, -0.25) is 9.59 Å². The van der Waals surface area contributed by atoms with Crippen molar-refractivity contribution < 1.29 is 9.90 Å². The Hall–Kier alpha value is -1.62. The lowest BCUT2D eigenvalue weighted by Gasteiger charge is -2.16. The summed E-state index contributed by atoms with van der Waals surface area (Å²) in [7, 11) is 0. The molecule has 0 saturated carbocycles. The van der Waals surface area contributed by atoms with Gasteiger partial charge in [-0.25, -0.2) is 0 Å². The Bertz CT molecular complexity index is 440. The Morgan fingerprint density at radius 1 is 1.44 bits per heavy atom. The van der Waals surface area contributed by atoms with Gasteiger partial charge in [-0.15, -0.1) is 0 Å². The first-order chi connectivity index (χ1) is 8.50. The smallest absolute Gasteiger partial charge is 0.320 e. The average Bonchev–Trinajstić information content (AvgIpc) is 2.29. The van der Waals surface area contributed by atoms with E-state index in [2.05, 4.69) is 5.32 Å². The Morgan fingerprint density at radius 2 is 2.17 bits per heavy atom. The number of carbonyl (C=O) groups is 1. The molecule has 0 spiro atoms. The van der Waals surface area contributed by atoms with Crippen LogP contribution in [-0.4, -0.2) is 28.2 Å². The fourth-order valence-electron chi connectivity index (χ4n) is 1.75. The fraction of sp³-hybridized carbons (Fsp3) is 0.538. The van der Waals surface area contributed by atoms with Gasteiger partial charge in [-0.2, -0.15) is 0 Å². The summed E-state index contributed by atoms with van der Waals surface area (Å²) >= 11 is 0. The molecule has 0 radical (unpaired) electrons. The third kappa shape index (κ3) is 4.71. The number of nitrogens with zero attached hydrogens (tertiary/aromatic N) is 1. The van der Waals surface area contributed by atoms with E-state index in [4.69, 9.17) is 5.11 Å². The van der Waals surface area contributed by atoms with Crippen molar-refractivity contribution in [3.05, 3.63) is 34.7 Å². The summed E-state index contributed by atoms with van der Waals surface area (Å²) < 4.78 is 1.56. The van der Waals surface area contributed by atoms with Gasteiger partial charge in [0.25, 0.3) is 5.56 Å². The number of nitrogens with one attached hydrogen (secondary N) is 1. The van der Waals surface area contributed by atoms with E-state index in [1.807, 2.05) is 13.8 Å². The lowest BCUT2D eigenvalue weighted by atomic mass is 10.0. The molecule has 5 nitrogen and oxygen atoms in total. The molecule has 18 heavy (non-hydrogen) atoms. The van der Waals surface area contributed by atoms with Gasteiger partial charge in [0.2, 0.25) is 0 Å². The quantitative estimate of drug-likeness (QED) is 0.757. The van der Waals surface area contributed by atoms with Crippen LogP contribution >= 0.6 is 0 Å². The standard InChI is InChI=1S/C13H20N2O3/c1-10(2)9-11(13(17)18)14-6-8-15-7-4-3-5-12(15)16/h3-5,7,10-11,14H,6,8-9H2,1-2H3,(H,17,18). The van der Waals surface area contributed by atoms with Crippen molar-refractivity contribution in [2.45, 2.75) is 32.9 Å². The minimum absolute atomic E-state index is 0.0740. The fourth-order valence-corrected chi connectivity index (χ4v) is 1.75. The van der Waals surface area contributed by atoms with Crippen LogP contribution in [0.1, 0.15) is 20.3 Å². The van der Waals surface area contributed by atoms with Crippen LogP contribution in [0, 0.1) is 5.92 Å². The van der Waals surface area contributed by atoms with Crippen molar-refractivity contribution >= 4 is 5.97 Å². The maximum Gasteiger partial charge on any atom is 0.320 e. The van der Waals surface area contributed by atoms with E-state index in [9.17, 15) is 9.59 Å². The molecule has 0 aliphatic carbocycles. The minimum atomic E-state index is -0.843. The van der Waals surface area contributed by atoms with E-state index in [0.717, 1.165) is 0 Å². The minimum Gasteiger partial charge on any atom is -0.480 e. The van der Waals surface area contributed by atoms with Crippen LogP contribution in [0.4, 0.5) is 0 Å². The second-order valence-corrected chi connectivity index (χ2v) is 4.71. The number of aliphatic carboxylic acids is 1. The molecule has 2 N–H and O–H groups in total. The van der Waals surface area contributed by atoms with Gasteiger partial charge >= 0.3 is 5.97 Å². The van der Waals surface area contributed by atoms with Gasteiger partial charge in [0, 0.05) is 25.4 Å². The molecular weight excluding hydrogens is 232 g/mol. The SMILES string of the molecule is CC(C)CC(NCCn1ccccc1=O)C(=O)O. The number of rotatable bonds is 7. The summed E-state index contributed by atoms with van der Waals surface area (Å²) in [6, 6.07) is 4.40. The second-order valence-electron chi connectivity index (χ2n) is 4.71. The summed E-state index contributed by atoms with van der Waals surface area (Å²) in [5, 5.41) is 12.0. The number of hydrogen-bond acceptors (Lipinski definition) is 3. The molecule has 100 valence electrons. The molecule has 1 rings (SSSR count). The van der Waals surface area contributed by atoms with E-state index >= 15 is 0 Å². The molecule has 1 heterocycles. The first kappa shape index (κ1) is 14.4. The topological polar surface area (TPSA) is 71.3 Å². The summed E-state index contributed by atoms with van der Waals surface area (Å²) in [5.41, 5.74) is -0.0740. The monoisotopic (exact) mass is 252 g/mol. The molecule has 0 aliphatic heterocycles. The van der Waals surface area contributed by atoms with Crippen molar-refractivity contribution in [2.24, 2.45) is 5.92 Å². The van der Waals surface area contributed by atoms with Crippen molar-refractivity contribution in [3.8, 4) is 0 Å². The van der Waals surface area contributed by atoms with Crippen LogP contribution in [0.3, 0.4) is 0 Å². The highest BCUT2D eigenvalue weighted by Crippen LogP contribution is 2.04. The maximum atomic E-state index is 11.4. The van der Waals surface area contributed by atoms with Gasteiger partial charge in [0.15, 0.2) is 0 Å². The predicted molar refractivity (Wildman–Crippen MR) is 69.6 cm³/mol. The van der Waals surface area contributed by atoms with Crippen molar-refractivity contribution in [1.29, 1.82) is 0 Å². The second kappa shape index (κ2) is 6.96. The number of carboxylic acids is 1. The molecule has 1 atom stereocenters. The third-order valence-electron chi connectivity index (χ3n) is 2.65. The van der Waals surface area contributed by atoms with E-state index in [1.54, 1.807) is 22.9 Å². The Balaban J connectivity index is 2.46. The number of aromatic nitrogens is 1. The summed E-state index contributed by atoms with van der Waals surface area (Å²) in [4.78, 5) is 22.4. The van der Waals surface area contributed by atoms with Crippen LogP contribution in [0.25, 0.3) is 0 Å². The summed E-state index contributed by atoms with van der Waals surface area (Å²) in [6.45, 7) is 4.91. The van der Waals surface area contributed by atoms with Gasteiger partial charge in [0.05, 0.1) is 0 Å². The zero-order valence-corrected chi connectivity index (χ0v) is 10.8. The van der Waals surface area contributed by atoms with Gasteiger partial charge in [-0.05, 0) is 18.4 Å². The van der Waals surface area contributed by atoms with Crippen molar-refractivity contribution in [3.63, 3.8) is 0 Å². The largest absolute Gasteiger partial charge is 0.480 e. The lowest BCUT2D eigenvalue weighted by Crippen LogP contribution is -2.40. The average molecular weight is 252 g/mol. The van der Waals surface area contributed by atoms with Crippen molar-refractivity contribution in [2.75, 3.05) is 6.54 Å². The molecule has 1 aromatic heterocycles. The molecule has 0 aromatic carbocycles. The summed E-state index contributed by atoms with van der Waals surface area (Å²) in [5.74, 6) is -0.526. The van der Waals surface area contributed by atoms with E-state index < -0.39 is 12.0 Å². The Kier molecular flexibility index (Phi) is 5.58. The first-order valence-corrected chi connectivity index (χ1v) is 6.12. The van der Waals surface area contributed by atoms with Crippen LogP contribution in [-0.2, 0) is 11.3 Å². The number of pyridine rings is 1. The Morgan fingerprint density at radius 3 is 2.72 bits per heavy atom. The molecule has 0 aliphatic rings. The molecular formula is C13H20N2O3. The molecule has 5 heteroatoms. The van der Waals surface area contributed by atoms with Gasteiger partial charge in [0.1, 0.15) is 6.04 Å². The molecule has 1 unspecified atom stereocenters. The normalized spacial score (nSPS) is 12.6. The summed E-state index contributed by atoms with van der Waals surface area (Å²) in [6.07, 6.45) is 2.28. The highest BCUT2D eigenvalue weighted by Gasteiger charge is 2.17. The maximum absolute atomic E-state index is 11.4. The van der Waals surface area contributed by atoms with E-state index in [-0.39, 0.29) is 5.56 Å². The Labute approximate surface area is 106 Å². The molecule has 1 aromatic rings. The highest BCUT2D eigenvalue weighted by molar-refractivity contribution is 5.73. The van der Waals surface area contributed by atoms with Gasteiger partial charge < -0.3 is 15.0 Å². The molecule has 0 saturated heterocycles. The number of carboxylic acid groups (broad SMARTS) is 1.